The van der Waals surface area contributed by atoms with Gasteiger partial charge in [0.05, 0.1) is 32.7 Å². The molecule has 0 aliphatic rings. The number of aryl methyl sites for hydroxylation is 3. The molecule has 0 amide bonds. The average molecular weight is 490 g/mol. The molecule has 35 heavy (non-hydrogen) atoms. The second-order valence-corrected chi connectivity index (χ2v) is 8.79. The summed E-state index contributed by atoms with van der Waals surface area (Å²) in [5.41, 5.74) is 5.27. The molecule has 0 aliphatic carbocycles. The van der Waals surface area contributed by atoms with Crippen LogP contribution in [-0.4, -0.2) is 36.7 Å². The van der Waals surface area contributed by atoms with Crippen molar-refractivity contribution >= 4 is 45.5 Å². The number of nitrogens with one attached hydrogen (secondary N) is 1. The minimum absolute atomic E-state index is 0.149. The zero-order valence-electron chi connectivity index (χ0n) is 19.0. The van der Waals surface area contributed by atoms with Crippen molar-refractivity contribution < 1.29 is 24.5 Å². The molecule has 0 aliphatic heterocycles. The lowest BCUT2D eigenvalue weighted by molar-refractivity contribution is 0.0686. The molecule has 3 N–H and O–H groups in total. The number of aromatic nitrogens is 3. The Morgan fingerprint density at radius 3 is 2.43 bits per heavy atom. The molecule has 5 aromatic rings. The number of hydrogen-bond donors (Lipinski definition) is 3. The van der Waals surface area contributed by atoms with Crippen LogP contribution in [0.3, 0.4) is 0 Å². The first kappa shape index (κ1) is 22.5. The van der Waals surface area contributed by atoms with Crippen molar-refractivity contribution in [1.82, 2.24) is 14.5 Å². The van der Waals surface area contributed by atoms with Crippen LogP contribution in [0.5, 0.6) is 11.8 Å². The number of halogens is 1. The maximum atomic E-state index is 11.8. The summed E-state index contributed by atoms with van der Waals surface area (Å²) in [6, 6.07) is 11.9. The summed E-state index contributed by atoms with van der Waals surface area (Å²) in [5, 5.41) is 20.3. The highest BCUT2D eigenvalue weighted by atomic mass is 35.5. The maximum Gasteiger partial charge on any atom is 0.337 e. The topological polar surface area (TPSA) is 117 Å². The minimum Gasteiger partial charge on any atom is -0.478 e. The van der Waals surface area contributed by atoms with E-state index in [0.29, 0.717) is 38.4 Å². The van der Waals surface area contributed by atoms with Gasteiger partial charge in [0.1, 0.15) is 5.75 Å². The Kier molecular flexibility index (Phi) is 5.25. The zero-order valence-corrected chi connectivity index (χ0v) is 19.8. The highest BCUT2D eigenvalue weighted by molar-refractivity contribution is 6.34. The SMILES string of the molecule is Cc1ccc(Oc2nc3cc(-c4ccc(C(=O)O)c5c4c(C)cn5C)c(Cl)cc3[nH]2)cc1C(=O)O. The van der Waals surface area contributed by atoms with E-state index in [4.69, 9.17) is 16.3 Å². The van der Waals surface area contributed by atoms with E-state index in [0.717, 1.165) is 16.5 Å². The smallest absolute Gasteiger partial charge is 0.337 e. The van der Waals surface area contributed by atoms with E-state index >= 15 is 0 Å². The van der Waals surface area contributed by atoms with E-state index in [1.807, 2.05) is 26.2 Å². The number of aromatic amines is 1. The molecule has 8 nitrogen and oxygen atoms in total. The summed E-state index contributed by atoms with van der Waals surface area (Å²) >= 11 is 6.67. The van der Waals surface area contributed by atoms with Gasteiger partial charge in [-0.15, -0.1) is 0 Å². The molecule has 2 heterocycles. The van der Waals surface area contributed by atoms with Gasteiger partial charge in [-0.1, -0.05) is 23.7 Å². The van der Waals surface area contributed by atoms with Gasteiger partial charge in [0.25, 0.3) is 6.01 Å². The molecule has 176 valence electrons. The van der Waals surface area contributed by atoms with Crippen LogP contribution in [0, 0.1) is 13.8 Å². The van der Waals surface area contributed by atoms with Crippen molar-refractivity contribution in [3.05, 3.63) is 75.9 Å². The highest BCUT2D eigenvalue weighted by Crippen LogP contribution is 2.39. The third-order valence-corrected chi connectivity index (χ3v) is 6.35. The zero-order chi connectivity index (χ0) is 25.0. The number of carboxylic acid groups (broad SMARTS) is 2. The predicted octanol–water partition coefficient (Wildman–Crippen LogP) is 6.18. The molecule has 0 radical (unpaired) electrons. The van der Waals surface area contributed by atoms with Gasteiger partial charge in [-0.2, -0.15) is 4.98 Å². The summed E-state index contributed by atoms with van der Waals surface area (Å²) in [7, 11) is 1.81. The third-order valence-electron chi connectivity index (χ3n) is 6.04. The van der Waals surface area contributed by atoms with E-state index in [9.17, 15) is 19.8 Å². The van der Waals surface area contributed by atoms with Crippen molar-refractivity contribution in [2.75, 3.05) is 0 Å². The third kappa shape index (κ3) is 3.77. The van der Waals surface area contributed by atoms with E-state index in [1.165, 1.54) is 6.07 Å². The van der Waals surface area contributed by atoms with Crippen molar-refractivity contribution in [3.63, 3.8) is 0 Å². The van der Waals surface area contributed by atoms with Crippen molar-refractivity contribution in [2.45, 2.75) is 13.8 Å². The number of ether oxygens (including phenoxy) is 1. The van der Waals surface area contributed by atoms with Crippen molar-refractivity contribution in [3.8, 4) is 22.9 Å². The maximum absolute atomic E-state index is 11.8. The number of benzene rings is 3. The fraction of sp³-hybridized carbons (Fsp3) is 0.115. The Bertz CT molecular complexity index is 1680. The summed E-state index contributed by atoms with van der Waals surface area (Å²) in [4.78, 5) is 30.8. The van der Waals surface area contributed by atoms with E-state index in [2.05, 4.69) is 9.97 Å². The number of nitrogens with zero attached hydrogens (tertiary/aromatic N) is 2. The minimum atomic E-state index is -1.04. The molecular formula is C26H20ClN3O5. The number of rotatable bonds is 5. The second-order valence-electron chi connectivity index (χ2n) is 8.39. The molecule has 5 rings (SSSR count). The summed E-state index contributed by atoms with van der Waals surface area (Å²) in [6.45, 7) is 3.64. The number of fused-ring (bicyclic) bond motifs is 2. The fourth-order valence-corrected chi connectivity index (χ4v) is 4.71. The molecule has 0 bridgehead atoms. The van der Waals surface area contributed by atoms with Crippen LogP contribution in [0.2, 0.25) is 5.02 Å². The van der Waals surface area contributed by atoms with Crippen LogP contribution in [-0.2, 0) is 7.05 Å². The number of aromatic carboxylic acids is 2. The normalized spacial score (nSPS) is 11.3. The van der Waals surface area contributed by atoms with Gasteiger partial charge in [-0.3, -0.25) is 0 Å². The van der Waals surface area contributed by atoms with Gasteiger partial charge >= 0.3 is 11.9 Å². The van der Waals surface area contributed by atoms with E-state index < -0.39 is 11.9 Å². The van der Waals surface area contributed by atoms with Crippen LogP contribution >= 0.6 is 11.6 Å². The van der Waals surface area contributed by atoms with Crippen LogP contribution in [0.25, 0.3) is 33.1 Å². The Morgan fingerprint density at radius 2 is 1.71 bits per heavy atom. The van der Waals surface area contributed by atoms with E-state index in [1.54, 1.807) is 41.8 Å². The molecule has 0 spiro atoms. The molecular weight excluding hydrogens is 470 g/mol. The summed E-state index contributed by atoms with van der Waals surface area (Å²) in [6.07, 6.45) is 1.89. The lowest BCUT2D eigenvalue weighted by atomic mass is 9.96. The van der Waals surface area contributed by atoms with Gasteiger partial charge in [0.2, 0.25) is 0 Å². The molecule has 0 saturated carbocycles. The lowest BCUT2D eigenvalue weighted by Gasteiger charge is -2.10. The Hall–Kier alpha value is -4.30. The first-order valence-corrected chi connectivity index (χ1v) is 11.0. The van der Waals surface area contributed by atoms with Gasteiger partial charge in [0.15, 0.2) is 0 Å². The summed E-state index contributed by atoms with van der Waals surface area (Å²) in [5.74, 6) is -1.70. The van der Waals surface area contributed by atoms with Gasteiger partial charge in [-0.05, 0) is 60.9 Å². The lowest BCUT2D eigenvalue weighted by Crippen LogP contribution is -2.01. The molecule has 9 heteroatoms. The Morgan fingerprint density at radius 1 is 0.971 bits per heavy atom. The number of carbonyl (C=O) groups is 2. The number of carboxylic acids is 2. The molecule has 0 saturated heterocycles. The van der Waals surface area contributed by atoms with Crippen LogP contribution in [0.1, 0.15) is 31.8 Å². The van der Waals surface area contributed by atoms with Crippen LogP contribution < -0.4 is 4.74 Å². The molecule has 3 aromatic carbocycles. The number of H-pyrrole nitrogens is 1. The first-order valence-electron chi connectivity index (χ1n) is 10.7. The van der Waals surface area contributed by atoms with Gasteiger partial charge in [0, 0.05) is 24.2 Å². The molecule has 0 unspecified atom stereocenters. The number of hydrogen-bond acceptors (Lipinski definition) is 4. The molecule has 0 atom stereocenters. The first-order chi connectivity index (χ1) is 16.6. The Labute approximate surface area is 204 Å². The molecule has 2 aromatic heterocycles. The van der Waals surface area contributed by atoms with E-state index in [-0.39, 0.29) is 17.1 Å². The van der Waals surface area contributed by atoms with Gasteiger partial charge < -0.3 is 24.5 Å². The monoisotopic (exact) mass is 489 g/mol. The average Bonchev–Trinajstić information content (AvgIpc) is 3.32. The standard InChI is InChI=1S/C26H20ClN3O5/c1-12-4-5-14(8-17(12)25(33)34)35-26-28-20-9-18(19(27)10-21(20)29-26)15-6-7-16(24(31)32)23-22(15)13(2)11-30(23)3/h4-11H,1-3H3,(H,28,29)(H,31,32)(H,33,34). The van der Waals surface area contributed by atoms with Crippen molar-refractivity contribution in [2.24, 2.45) is 7.05 Å². The summed E-state index contributed by atoms with van der Waals surface area (Å²) < 4.78 is 7.59. The largest absolute Gasteiger partial charge is 0.478 e. The van der Waals surface area contributed by atoms with Crippen LogP contribution in [0.15, 0.2) is 48.7 Å². The fourth-order valence-electron chi connectivity index (χ4n) is 4.44. The quantitative estimate of drug-likeness (QED) is 0.271. The highest BCUT2D eigenvalue weighted by Gasteiger charge is 2.20. The van der Waals surface area contributed by atoms with Gasteiger partial charge in [-0.25, -0.2) is 9.59 Å². The number of imidazole rings is 1. The van der Waals surface area contributed by atoms with Crippen LogP contribution in [0.4, 0.5) is 0 Å². The second kappa shape index (κ2) is 8.18. The predicted molar refractivity (Wildman–Crippen MR) is 133 cm³/mol. The van der Waals surface area contributed by atoms with Crippen molar-refractivity contribution in [1.29, 1.82) is 0 Å². The Balaban J connectivity index is 1.61. The molecule has 0 fully saturated rings.